The van der Waals surface area contributed by atoms with E-state index in [1.165, 1.54) is 6.07 Å². The van der Waals surface area contributed by atoms with Crippen LogP contribution in [0.25, 0.3) is 0 Å². The van der Waals surface area contributed by atoms with E-state index < -0.39 is 5.82 Å². The Hall–Kier alpha value is -0.780. The number of halogens is 2. The van der Waals surface area contributed by atoms with Gasteiger partial charge in [-0.2, -0.15) is 0 Å². The summed E-state index contributed by atoms with van der Waals surface area (Å²) < 4.78 is 13.2. The highest BCUT2D eigenvalue weighted by Crippen LogP contribution is 2.39. The van der Waals surface area contributed by atoms with E-state index in [4.69, 9.17) is 11.6 Å². The monoisotopic (exact) mass is 302 g/mol. The summed E-state index contributed by atoms with van der Waals surface area (Å²) in [5.74, 6) is 0.157. The van der Waals surface area contributed by atoms with Crippen molar-refractivity contribution in [1.29, 1.82) is 0 Å². The van der Waals surface area contributed by atoms with Gasteiger partial charge in [0.05, 0.1) is 10.8 Å². The lowest BCUT2D eigenvalue weighted by Gasteiger charge is -2.25. The van der Waals surface area contributed by atoms with Gasteiger partial charge in [-0.25, -0.2) is 4.39 Å². The van der Waals surface area contributed by atoms with E-state index >= 15 is 0 Å². The summed E-state index contributed by atoms with van der Waals surface area (Å²) in [5, 5.41) is 0.0376. The molecule has 1 aromatic carbocycles. The molecule has 104 valence electrons. The minimum atomic E-state index is -0.431. The van der Waals surface area contributed by atoms with Crippen LogP contribution in [0.5, 0.6) is 0 Å². The summed E-state index contributed by atoms with van der Waals surface area (Å²) in [7, 11) is 3.94. The first kappa shape index (κ1) is 14.6. The summed E-state index contributed by atoms with van der Waals surface area (Å²) in [4.78, 5) is 15.8. The fraction of sp³-hybridized carbons (Fsp3) is 0.462. The van der Waals surface area contributed by atoms with Crippen molar-refractivity contribution in [2.45, 2.75) is 5.37 Å². The lowest BCUT2D eigenvalue weighted by atomic mass is 10.2. The molecule has 1 aromatic rings. The molecule has 1 atom stereocenters. The third kappa shape index (κ3) is 3.41. The molecule has 0 bridgehead atoms. The normalized spacial score (nSPS) is 19.5. The highest BCUT2D eigenvalue weighted by Gasteiger charge is 2.32. The van der Waals surface area contributed by atoms with Gasteiger partial charge >= 0.3 is 0 Å². The second kappa shape index (κ2) is 6.11. The van der Waals surface area contributed by atoms with Gasteiger partial charge in [0.15, 0.2) is 0 Å². The largest absolute Gasteiger partial charge is 0.325 e. The number of amides is 1. The van der Waals surface area contributed by atoms with Crippen molar-refractivity contribution in [3.8, 4) is 0 Å². The Balaban J connectivity index is 2.17. The second-order valence-corrected chi connectivity index (χ2v) is 6.20. The topological polar surface area (TPSA) is 23.6 Å². The SMILES string of the molecule is CN(C)CCN1C(=O)CSC1c1ccc(F)c(Cl)c1. The van der Waals surface area contributed by atoms with E-state index in [9.17, 15) is 9.18 Å². The van der Waals surface area contributed by atoms with Gasteiger partial charge in [-0.3, -0.25) is 4.79 Å². The predicted octanol–water partition coefficient (Wildman–Crippen LogP) is 2.61. The summed E-state index contributed by atoms with van der Waals surface area (Å²) in [6.45, 7) is 1.47. The number of hydrogen-bond acceptors (Lipinski definition) is 3. The zero-order chi connectivity index (χ0) is 14.0. The number of benzene rings is 1. The number of carbonyl (C=O) groups excluding carboxylic acids is 1. The van der Waals surface area contributed by atoms with Crippen molar-refractivity contribution in [3.05, 3.63) is 34.6 Å². The third-order valence-electron chi connectivity index (χ3n) is 2.99. The minimum absolute atomic E-state index is 0.0643. The van der Waals surface area contributed by atoms with Gasteiger partial charge in [-0.05, 0) is 31.8 Å². The maximum absolute atomic E-state index is 13.2. The van der Waals surface area contributed by atoms with Crippen LogP contribution < -0.4 is 0 Å². The lowest BCUT2D eigenvalue weighted by Crippen LogP contribution is -2.34. The Bertz CT molecular complexity index is 484. The third-order valence-corrected chi connectivity index (χ3v) is 4.53. The minimum Gasteiger partial charge on any atom is -0.325 e. The fourth-order valence-corrected chi connectivity index (χ4v) is 3.34. The second-order valence-electron chi connectivity index (χ2n) is 4.73. The molecule has 1 fully saturated rings. The summed E-state index contributed by atoms with van der Waals surface area (Å²) in [6.07, 6.45) is 0. The standard InChI is InChI=1S/C13H16ClFN2OS/c1-16(2)5-6-17-12(18)8-19-13(17)9-3-4-11(15)10(14)7-9/h3-4,7,13H,5-6,8H2,1-2H3. The molecule has 0 radical (unpaired) electrons. The molecule has 2 rings (SSSR count). The van der Waals surface area contributed by atoms with Gasteiger partial charge in [0.25, 0.3) is 0 Å². The molecule has 19 heavy (non-hydrogen) atoms. The van der Waals surface area contributed by atoms with Crippen molar-refractivity contribution in [2.24, 2.45) is 0 Å². The first-order valence-corrected chi connectivity index (χ1v) is 7.42. The Kier molecular flexibility index (Phi) is 4.71. The number of rotatable bonds is 4. The highest BCUT2D eigenvalue weighted by atomic mass is 35.5. The number of likely N-dealkylation sites (N-methyl/N-ethyl adjacent to an activating group) is 1. The van der Waals surface area contributed by atoms with Crippen molar-refractivity contribution >= 4 is 29.3 Å². The average molecular weight is 303 g/mol. The Morgan fingerprint density at radius 2 is 2.26 bits per heavy atom. The van der Waals surface area contributed by atoms with Crippen molar-refractivity contribution in [3.63, 3.8) is 0 Å². The Morgan fingerprint density at radius 1 is 1.53 bits per heavy atom. The van der Waals surface area contributed by atoms with Crippen molar-refractivity contribution < 1.29 is 9.18 Å². The maximum Gasteiger partial charge on any atom is 0.233 e. The molecular formula is C13H16ClFN2OS. The number of nitrogens with zero attached hydrogens (tertiary/aromatic N) is 2. The van der Waals surface area contributed by atoms with Crippen LogP contribution in [0.2, 0.25) is 5.02 Å². The van der Waals surface area contributed by atoms with Crippen LogP contribution >= 0.6 is 23.4 Å². The Morgan fingerprint density at radius 3 is 2.89 bits per heavy atom. The molecule has 1 amide bonds. The molecule has 0 saturated carbocycles. The van der Waals surface area contributed by atoms with Crippen LogP contribution in [0, 0.1) is 5.82 Å². The van der Waals surface area contributed by atoms with Gasteiger partial charge in [-0.15, -0.1) is 11.8 Å². The summed E-state index contributed by atoms with van der Waals surface area (Å²) >= 11 is 7.36. The van der Waals surface area contributed by atoms with Crippen LogP contribution in [-0.4, -0.2) is 48.6 Å². The molecule has 0 aromatic heterocycles. The number of hydrogen-bond donors (Lipinski definition) is 0. The molecule has 0 spiro atoms. The molecule has 1 saturated heterocycles. The smallest absolute Gasteiger partial charge is 0.233 e. The summed E-state index contributed by atoms with van der Waals surface area (Å²) in [5.41, 5.74) is 0.876. The van der Waals surface area contributed by atoms with E-state index in [0.717, 1.165) is 12.1 Å². The van der Waals surface area contributed by atoms with Gasteiger partial charge in [-0.1, -0.05) is 17.7 Å². The van der Waals surface area contributed by atoms with Gasteiger partial charge in [0, 0.05) is 13.1 Å². The van der Waals surface area contributed by atoms with Crippen molar-refractivity contribution in [2.75, 3.05) is 32.9 Å². The van der Waals surface area contributed by atoms with Crippen molar-refractivity contribution in [1.82, 2.24) is 9.80 Å². The molecule has 1 unspecified atom stereocenters. The lowest BCUT2D eigenvalue weighted by molar-refractivity contribution is -0.128. The molecule has 1 heterocycles. The maximum atomic E-state index is 13.2. The number of carbonyl (C=O) groups is 1. The fourth-order valence-electron chi connectivity index (χ4n) is 1.95. The van der Waals surface area contributed by atoms with Crippen LogP contribution in [0.3, 0.4) is 0 Å². The predicted molar refractivity (Wildman–Crippen MR) is 76.9 cm³/mol. The summed E-state index contributed by atoms with van der Waals surface area (Å²) in [6, 6.07) is 4.65. The molecule has 1 aliphatic heterocycles. The first-order chi connectivity index (χ1) is 8.99. The van der Waals surface area contributed by atoms with Crippen LogP contribution in [0.15, 0.2) is 18.2 Å². The quantitative estimate of drug-likeness (QED) is 0.854. The number of thioether (sulfide) groups is 1. The van der Waals surface area contributed by atoms with E-state index in [2.05, 4.69) is 0 Å². The zero-order valence-corrected chi connectivity index (χ0v) is 12.5. The van der Waals surface area contributed by atoms with Gasteiger partial charge < -0.3 is 9.80 Å². The van der Waals surface area contributed by atoms with Crippen LogP contribution in [0.1, 0.15) is 10.9 Å². The van der Waals surface area contributed by atoms with Gasteiger partial charge in [0.1, 0.15) is 11.2 Å². The highest BCUT2D eigenvalue weighted by molar-refractivity contribution is 8.00. The molecule has 0 N–H and O–H groups in total. The molecule has 6 heteroatoms. The Labute approximate surface area is 121 Å². The van der Waals surface area contributed by atoms with E-state index in [0.29, 0.717) is 12.3 Å². The molecule has 0 aliphatic carbocycles. The van der Waals surface area contributed by atoms with E-state index in [-0.39, 0.29) is 16.3 Å². The van der Waals surface area contributed by atoms with Crippen LogP contribution in [0.4, 0.5) is 4.39 Å². The van der Waals surface area contributed by atoms with Crippen LogP contribution in [-0.2, 0) is 4.79 Å². The van der Waals surface area contributed by atoms with E-state index in [1.807, 2.05) is 23.9 Å². The van der Waals surface area contributed by atoms with Gasteiger partial charge in [0.2, 0.25) is 5.91 Å². The van der Waals surface area contributed by atoms with E-state index in [1.54, 1.807) is 23.9 Å². The molecular weight excluding hydrogens is 287 g/mol. The first-order valence-electron chi connectivity index (χ1n) is 6.00. The molecule has 3 nitrogen and oxygen atoms in total. The molecule has 1 aliphatic rings. The average Bonchev–Trinajstić information content (AvgIpc) is 2.71. The zero-order valence-electron chi connectivity index (χ0n) is 10.9.